The molecule has 1 fully saturated rings. The van der Waals surface area contributed by atoms with E-state index in [1.807, 2.05) is 19.9 Å². The van der Waals surface area contributed by atoms with Gasteiger partial charge in [-0.1, -0.05) is 24.6 Å². The van der Waals surface area contributed by atoms with Crippen LogP contribution in [0.5, 0.6) is 0 Å². The number of hydrogen-bond donors (Lipinski definition) is 1. The molecule has 2 aliphatic heterocycles. The maximum Gasteiger partial charge on any atom is 0.271 e. The van der Waals surface area contributed by atoms with Crippen LogP contribution in [0.3, 0.4) is 0 Å². The SMILES string of the molecule is CC1CCCC(C)N1S(=O)(=O)c1ccc(NC(=O)C2=NN(c3ccccc3)C(=O)CC2)cc1. The second-order valence-electron chi connectivity index (χ2n) is 8.53. The van der Waals surface area contributed by atoms with Gasteiger partial charge < -0.3 is 5.32 Å². The van der Waals surface area contributed by atoms with Crippen molar-refractivity contribution in [1.82, 2.24) is 4.31 Å². The highest BCUT2D eigenvalue weighted by atomic mass is 32.2. The van der Waals surface area contributed by atoms with E-state index in [1.165, 1.54) is 17.1 Å². The predicted molar refractivity (Wildman–Crippen MR) is 127 cm³/mol. The van der Waals surface area contributed by atoms with Crippen LogP contribution >= 0.6 is 0 Å². The summed E-state index contributed by atoms with van der Waals surface area (Å²) in [7, 11) is -3.62. The standard InChI is InChI=1S/C24H28N4O4S/c1-17-7-6-8-18(2)28(17)33(31,32)21-13-11-19(12-14-21)25-24(30)22-15-16-23(29)27(26-22)20-9-4-3-5-10-20/h3-5,9-14,17-18H,6-8,15-16H2,1-2H3,(H,25,30). The smallest absolute Gasteiger partial charge is 0.271 e. The lowest BCUT2D eigenvalue weighted by atomic mass is 10.0. The summed E-state index contributed by atoms with van der Waals surface area (Å²) in [5.41, 5.74) is 1.30. The largest absolute Gasteiger partial charge is 0.321 e. The zero-order chi connectivity index (χ0) is 23.6. The molecule has 2 unspecified atom stereocenters. The second kappa shape index (κ2) is 9.44. The molecular weight excluding hydrogens is 440 g/mol. The maximum absolute atomic E-state index is 13.2. The molecule has 2 amide bonds. The Labute approximate surface area is 194 Å². The van der Waals surface area contributed by atoms with Gasteiger partial charge in [-0.15, -0.1) is 0 Å². The van der Waals surface area contributed by atoms with E-state index in [1.54, 1.807) is 40.7 Å². The van der Waals surface area contributed by atoms with Gasteiger partial charge in [0.1, 0.15) is 5.71 Å². The van der Waals surface area contributed by atoms with E-state index in [0.29, 0.717) is 11.4 Å². The third-order valence-corrected chi connectivity index (χ3v) is 8.24. The molecule has 0 bridgehead atoms. The molecule has 4 rings (SSSR count). The zero-order valence-corrected chi connectivity index (χ0v) is 19.6. The number of anilines is 2. The number of nitrogens with one attached hydrogen (secondary N) is 1. The summed E-state index contributed by atoms with van der Waals surface area (Å²) in [5, 5.41) is 8.25. The molecule has 2 atom stereocenters. The highest BCUT2D eigenvalue weighted by Crippen LogP contribution is 2.30. The topological polar surface area (TPSA) is 99.2 Å². The fraction of sp³-hybridized carbons (Fsp3) is 0.375. The Hall–Kier alpha value is -3.04. The number of carbonyl (C=O) groups is 2. The van der Waals surface area contributed by atoms with Crippen LogP contribution in [-0.4, -0.2) is 42.3 Å². The molecule has 2 heterocycles. The van der Waals surface area contributed by atoms with Gasteiger partial charge in [0.25, 0.3) is 5.91 Å². The van der Waals surface area contributed by atoms with Crippen molar-refractivity contribution in [3.8, 4) is 0 Å². The van der Waals surface area contributed by atoms with Crippen molar-refractivity contribution in [3.05, 3.63) is 54.6 Å². The van der Waals surface area contributed by atoms with E-state index in [-0.39, 0.29) is 41.4 Å². The Balaban J connectivity index is 1.49. The Kier molecular flexibility index (Phi) is 6.62. The predicted octanol–water partition coefficient (Wildman–Crippen LogP) is 3.76. The minimum atomic E-state index is -3.62. The highest BCUT2D eigenvalue weighted by Gasteiger charge is 2.35. The van der Waals surface area contributed by atoms with Crippen molar-refractivity contribution in [2.45, 2.75) is 62.9 Å². The molecule has 174 valence electrons. The zero-order valence-electron chi connectivity index (χ0n) is 18.8. The first kappa shape index (κ1) is 23.1. The summed E-state index contributed by atoms with van der Waals surface area (Å²) >= 11 is 0. The van der Waals surface area contributed by atoms with Crippen molar-refractivity contribution in [3.63, 3.8) is 0 Å². The lowest BCUT2D eigenvalue weighted by Crippen LogP contribution is -2.47. The normalized spacial score (nSPS) is 22.1. The van der Waals surface area contributed by atoms with Gasteiger partial charge in [-0.05, 0) is 63.1 Å². The van der Waals surface area contributed by atoms with Crippen molar-refractivity contribution >= 4 is 38.9 Å². The molecule has 33 heavy (non-hydrogen) atoms. The Morgan fingerprint density at radius 2 is 1.61 bits per heavy atom. The number of hydrazone groups is 1. The van der Waals surface area contributed by atoms with Crippen molar-refractivity contribution in [2.24, 2.45) is 5.10 Å². The number of benzene rings is 2. The molecule has 2 aliphatic rings. The number of amides is 2. The maximum atomic E-state index is 13.2. The first-order valence-corrected chi connectivity index (χ1v) is 12.6. The molecular formula is C24H28N4O4S. The first-order valence-electron chi connectivity index (χ1n) is 11.2. The molecule has 1 saturated heterocycles. The average molecular weight is 469 g/mol. The summed E-state index contributed by atoms with van der Waals surface area (Å²) in [4.78, 5) is 25.2. The number of rotatable bonds is 5. The highest BCUT2D eigenvalue weighted by molar-refractivity contribution is 7.89. The second-order valence-corrected chi connectivity index (χ2v) is 10.4. The van der Waals surface area contributed by atoms with Gasteiger partial charge in [0, 0.05) is 30.6 Å². The Bertz CT molecular complexity index is 1150. The summed E-state index contributed by atoms with van der Waals surface area (Å²) < 4.78 is 27.9. The van der Waals surface area contributed by atoms with Crippen LogP contribution in [0.4, 0.5) is 11.4 Å². The van der Waals surface area contributed by atoms with Crippen LogP contribution in [0.2, 0.25) is 0 Å². The minimum absolute atomic E-state index is 0.0438. The van der Waals surface area contributed by atoms with Crippen LogP contribution in [0.15, 0.2) is 64.6 Å². The molecule has 0 radical (unpaired) electrons. The van der Waals surface area contributed by atoms with Crippen LogP contribution in [0.25, 0.3) is 0 Å². The molecule has 0 saturated carbocycles. The van der Waals surface area contributed by atoms with Crippen LogP contribution in [-0.2, 0) is 19.6 Å². The van der Waals surface area contributed by atoms with Crippen LogP contribution in [0, 0.1) is 0 Å². The molecule has 0 aromatic heterocycles. The molecule has 1 N–H and O–H groups in total. The third kappa shape index (κ3) is 4.84. The number of carbonyl (C=O) groups excluding carboxylic acids is 2. The van der Waals surface area contributed by atoms with E-state index < -0.39 is 15.9 Å². The molecule has 2 aromatic rings. The van der Waals surface area contributed by atoms with E-state index in [9.17, 15) is 18.0 Å². The van der Waals surface area contributed by atoms with Gasteiger partial charge in [0.05, 0.1) is 10.6 Å². The minimum Gasteiger partial charge on any atom is -0.321 e. The van der Waals surface area contributed by atoms with Gasteiger partial charge in [0.15, 0.2) is 0 Å². The number of hydrogen-bond acceptors (Lipinski definition) is 5. The fourth-order valence-electron chi connectivity index (χ4n) is 4.39. The van der Waals surface area contributed by atoms with Crippen molar-refractivity contribution in [2.75, 3.05) is 10.3 Å². The average Bonchev–Trinajstić information content (AvgIpc) is 2.80. The van der Waals surface area contributed by atoms with Crippen molar-refractivity contribution < 1.29 is 18.0 Å². The lowest BCUT2D eigenvalue weighted by molar-refractivity contribution is -0.118. The van der Waals surface area contributed by atoms with Gasteiger partial charge in [-0.2, -0.15) is 9.41 Å². The van der Waals surface area contributed by atoms with Gasteiger partial charge in [0.2, 0.25) is 15.9 Å². The summed E-state index contributed by atoms with van der Waals surface area (Å²) in [6, 6.07) is 15.0. The summed E-state index contributed by atoms with van der Waals surface area (Å²) in [6.45, 7) is 3.88. The number of para-hydroxylation sites is 1. The van der Waals surface area contributed by atoms with Gasteiger partial charge in [-0.25, -0.2) is 13.4 Å². The number of piperidine rings is 1. The van der Waals surface area contributed by atoms with Crippen molar-refractivity contribution in [1.29, 1.82) is 0 Å². The Morgan fingerprint density at radius 3 is 2.24 bits per heavy atom. The fourth-order valence-corrected chi connectivity index (χ4v) is 6.28. The summed E-state index contributed by atoms with van der Waals surface area (Å²) in [5.74, 6) is -0.592. The van der Waals surface area contributed by atoms with Gasteiger partial charge >= 0.3 is 0 Å². The van der Waals surface area contributed by atoms with E-state index in [0.717, 1.165) is 19.3 Å². The first-order chi connectivity index (χ1) is 15.8. The molecule has 8 nitrogen and oxygen atoms in total. The molecule has 9 heteroatoms. The third-order valence-electron chi connectivity index (χ3n) is 6.10. The van der Waals surface area contributed by atoms with Gasteiger partial charge in [-0.3, -0.25) is 9.59 Å². The number of sulfonamides is 1. The van der Waals surface area contributed by atoms with E-state index >= 15 is 0 Å². The molecule has 0 aliphatic carbocycles. The Morgan fingerprint density at radius 1 is 0.970 bits per heavy atom. The monoisotopic (exact) mass is 468 g/mol. The number of nitrogens with zero attached hydrogens (tertiary/aromatic N) is 3. The lowest BCUT2D eigenvalue weighted by Gasteiger charge is -2.37. The van der Waals surface area contributed by atoms with E-state index in [4.69, 9.17) is 0 Å². The molecule has 0 spiro atoms. The molecule has 2 aromatic carbocycles. The van der Waals surface area contributed by atoms with E-state index in [2.05, 4.69) is 10.4 Å². The summed E-state index contributed by atoms with van der Waals surface area (Å²) in [6.07, 6.45) is 3.15. The van der Waals surface area contributed by atoms with Crippen LogP contribution < -0.4 is 10.3 Å². The quantitative estimate of drug-likeness (QED) is 0.722. The van der Waals surface area contributed by atoms with Crippen LogP contribution in [0.1, 0.15) is 46.0 Å².